The number of ether oxygens (including phenoxy) is 1. The molecule has 1 saturated heterocycles. The van der Waals surface area contributed by atoms with Gasteiger partial charge < -0.3 is 14.8 Å². The maximum absolute atomic E-state index is 12.1. The van der Waals surface area contributed by atoms with Crippen molar-refractivity contribution < 1.29 is 14.3 Å². The predicted molar refractivity (Wildman–Crippen MR) is 79.5 cm³/mol. The van der Waals surface area contributed by atoms with Crippen molar-refractivity contribution in [3.63, 3.8) is 0 Å². The topological polar surface area (TPSA) is 58.6 Å². The fraction of sp³-hybridized carbons (Fsp3) is 0.929. The van der Waals surface area contributed by atoms with Crippen LogP contribution in [0.2, 0.25) is 17.6 Å². The Morgan fingerprint density at radius 3 is 2.58 bits per heavy atom. The average Bonchev–Trinajstić information content (AvgIpc) is 2.77. The summed E-state index contributed by atoms with van der Waals surface area (Å²) in [5.41, 5.74) is -0.389. The van der Waals surface area contributed by atoms with Crippen LogP contribution in [-0.2, 0) is 9.53 Å². The first-order valence-corrected chi connectivity index (χ1v) is 9.88. The molecule has 1 heterocycles. The Labute approximate surface area is 118 Å². The van der Waals surface area contributed by atoms with E-state index >= 15 is 0 Å². The first-order valence-electron chi connectivity index (χ1n) is 7.23. The molecule has 0 saturated carbocycles. The van der Waals surface area contributed by atoms with Gasteiger partial charge in [0.1, 0.15) is 0 Å². The minimum Gasteiger partial charge on any atom is -0.431 e. The van der Waals surface area contributed by atoms with Crippen LogP contribution in [0.3, 0.4) is 0 Å². The SMILES string of the molecule is CCOCCC(C)(C)C(=O)NCCC1(C)C[Si]1(C)O. The van der Waals surface area contributed by atoms with Gasteiger partial charge in [-0.3, -0.25) is 4.79 Å². The number of rotatable bonds is 8. The van der Waals surface area contributed by atoms with Crippen LogP contribution >= 0.6 is 0 Å². The highest BCUT2D eigenvalue weighted by Gasteiger charge is 2.62. The minimum atomic E-state index is -1.93. The average molecular weight is 287 g/mol. The maximum Gasteiger partial charge on any atom is 0.225 e. The van der Waals surface area contributed by atoms with Crippen LogP contribution in [-0.4, -0.2) is 38.8 Å². The Balaban J connectivity index is 2.27. The van der Waals surface area contributed by atoms with Gasteiger partial charge >= 0.3 is 0 Å². The number of carbonyl (C=O) groups is 1. The van der Waals surface area contributed by atoms with Crippen molar-refractivity contribution in [2.45, 2.75) is 58.2 Å². The van der Waals surface area contributed by atoms with E-state index in [1.165, 1.54) is 0 Å². The van der Waals surface area contributed by atoms with Crippen molar-refractivity contribution in [1.82, 2.24) is 5.32 Å². The molecule has 1 rings (SSSR count). The Hall–Kier alpha value is -0.393. The van der Waals surface area contributed by atoms with E-state index in [9.17, 15) is 9.59 Å². The van der Waals surface area contributed by atoms with Crippen molar-refractivity contribution in [3.05, 3.63) is 0 Å². The zero-order valence-corrected chi connectivity index (χ0v) is 14.0. The Bertz CT molecular complexity index is 331. The van der Waals surface area contributed by atoms with Crippen molar-refractivity contribution in [2.24, 2.45) is 5.41 Å². The van der Waals surface area contributed by atoms with Gasteiger partial charge in [-0.25, -0.2) is 0 Å². The fourth-order valence-corrected chi connectivity index (χ4v) is 5.39. The summed E-state index contributed by atoms with van der Waals surface area (Å²) in [5, 5.41) is 3.11. The van der Waals surface area contributed by atoms with Crippen LogP contribution < -0.4 is 5.32 Å². The minimum absolute atomic E-state index is 0.0813. The van der Waals surface area contributed by atoms with Crippen molar-refractivity contribution in [2.75, 3.05) is 19.8 Å². The molecular weight excluding hydrogens is 258 g/mol. The van der Waals surface area contributed by atoms with E-state index in [1.54, 1.807) is 0 Å². The Kier molecular flexibility index (Phi) is 5.20. The van der Waals surface area contributed by atoms with E-state index in [1.807, 2.05) is 27.3 Å². The number of hydrogen-bond donors (Lipinski definition) is 2. The van der Waals surface area contributed by atoms with E-state index < -0.39 is 8.32 Å². The summed E-state index contributed by atoms with van der Waals surface area (Å²) in [6.45, 7) is 12.0. The quantitative estimate of drug-likeness (QED) is 0.532. The molecule has 1 aliphatic rings. The van der Waals surface area contributed by atoms with Crippen molar-refractivity contribution in [1.29, 1.82) is 0 Å². The van der Waals surface area contributed by atoms with E-state index in [0.29, 0.717) is 19.8 Å². The molecule has 0 aliphatic carbocycles. The normalized spacial score (nSPS) is 30.2. The van der Waals surface area contributed by atoms with Gasteiger partial charge in [0.2, 0.25) is 5.91 Å². The summed E-state index contributed by atoms with van der Waals surface area (Å²) < 4.78 is 5.31. The molecule has 0 aromatic heterocycles. The molecule has 1 fully saturated rings. The van der Waals surface area contributed by atoms with Gasteiger partial charge in [0, 0.05) is 25.2 Å². The van der Waals surface area contributed by atoms with Gasteiger partial charge in [-0.1, -0.05) is 20.8 Å². The summed E-state index contributed by atoms with van der Waals surface area (Å²) >= 11 is 0. The smallest absolute Gasteiger partial charge is 0.225 e. The molecule has 2 atom stereocenters. The van der Waals surface area contributed by atoms with Crippen LogP contribution in [0.5, 0.6) is 0 Å². The molecule has 19 heavy (non-hydrogen) atoms. The highest BCUT2D eigenvalue weighted by molar-refractivity contribution is 6.85. The first-order chi connectivity index (χ1) is 8.65. The lowest BCUT2D eigenvalue weighted by atomic mass is 9.88. The van der Waals surface area contributed by atoms with Crippen LogP contribution in [0.25, 0.3) is 0 Å². The van der Waals surface area contributed by atoms with Gasteiger partial charge in [-0.15, -0.1) is 0 Å². The predicted octanol–water partition coefficient (Wildman–Crippen LogP) is 2.29. The molecule has 0 bridgehead atoms. The monoisotopic (exact) mass is 287 g/mol. The van der Waals surface area contributed by atoms with Crippen LogP contribution in [0.15, 0.2) is 0 Å². The third kappa shape index (κ3) is 4.29. The number of carbonyl (C=O) groups excluding carboxylic acids is 1. The van der Waals surface area contributed by atoms with Crippen molar-refractivity contribution in [3.8, 4) is 0 Å². The molecular formula is C14H29NO3Si. The number of hydrogen-bond acceptors (Lipinski definition) is 3. The van der Waals surface area contributed by atoms with E-state index in [4.69, 9.17) is 4.74 Å². The van der Waals surface area contributed by atoms with Gasteiger partial charge in [-0.05, 0) is 37.4 Å². The zero-order valence-electron chi connectivity index (χ0n) is 13.0. The van der Waals surface area contributed by atoms with E-state index in [0.717, 1.165) is 18.9 Å². The maximum atomic E-state index is 12.1. The highest BCUT2D eigenvalue weighted by atomic mass is 28.4. The second kappa shape index (κ2) is 5.93. The van der Waals surface area contributed by atoms with Crippen molar-refractivity contribution >= 4 is 14.2 Å². The lowest BCUT2D eigenvalue weighted by Gasteiger charge is -2.24. The van der Waals surface area contributed by atoms with Gasteiger partial charge in [0.25, 0.3) is 0 Å². The van der Waals surface area contributed by atoms with Gasteiger partial charge in [-0.2, -0.15) is 0 Å². The molecule has 0 aromatic carbocycles. The molecule has 112 valence electrons. The van der Waals surface area contributed by atoms with Crippen LogP contribution in [0, 0.1) is 5.41 Å². The highest BCUT2D eigenvalue weighted by Crippen LogP contribution is 2.62. The first kappa shape index (κ1) is 16.7. The third-order valence-corrected chi connectivity index (χ3v) is 8.63. The lowest BCUT2D eigenvalue weighted by Crippen LogP contribution is -2.38. The summed E-state index contributed by atoms with van der Waals surface area (Å²) in [4.78, 5) is 22.1. The molecule has 0 radical (unpaired) electrons. The molecule has 1 amide bonds. The van der Waals surface area contributed by atoms with Gasteiger partial charge in [0.05, 0.1) is 0 Å². The largest absolute Gasteiger partial charge is 0.431 e. The third-order valence-electron chi connectivity index (χ3n) is 4.56. The standard InChI is InChI=1S/C14H29NO3Si/c1-6-18-10-8-13(2,3)12(16)15-9-7-14(4)11-19(14,5)17/h17H,6-11H2,1-5H3,(H,15,16). The number of nitrogens with one attached hydrogen (secondary N) is 1. The molecule has 1 aliphatic heterocycles. The zero-order chi connectivity index (χ0) is 14.7. The Morgan fingerprint density at radius 2 is 2.11 bits per heavy atom. The van der Waals surface area contributed by atoms with Gasteiger partial charge in [0.15, 0.2) is 8.32 Å². The second-order valence-corrected chi connectivity index (χ2v) is 11.0. The molecule has 0 spiro atoms. The molecule has 5 heteroatoms. The fourth-order valence-electron chi connectivity index (χ4n) is 2.35. The summed E-state index contributed by atoms with van der Waals surface area (Å²) in [6.07, 6.45) is 1.62. The summed E-state index contributed by atoms with van der Waals surface area (Å²) in [5.74, 6) is 0.0813. The van der Waals surface area contributed by atoms with Crippen LogP contribution in [0.4, 0.5) is 0 Å². The second-order valence-electron chi connectivity index (χ2n) is 6.85. The number of amides is 1. The van der Waals surface area contributed by atoms with Crippen LogP contribution in [0.1, 0.15) is 40.5 Å². The molecule has 0 aromatic rings. The Morgan fingerprint density at radius 1 is 1.53 bits per heavy atom. The van der Waals surface area contributed by atoms with E-state index in [2.05, 4.69) is 12.2 Å². The molecule has 2 N–H and O–H groups in total. The molecule has 4 nitrogen and oxygen atoms in total. The summed E-state index contributed by atoms with van der Waals surface area (Å²) in [7, 11) is -1.93. The lowest BCUT2D eigenvalue weighted by molar-refractivity contribution is -0.130. The van der Waals surface area contributed by atoms with E-state index in [-0.39, 0.29) is 16.4 Å². The molecule has 2 unspecified atom stereocenters. The summed E-state index contributed by atoms with van der Waals surface area (Å²) in [6, 6.07) is 0.962.